The number of aliphatic hydroxyl groups is 1. The predicted octanol–water partition coefficient (Wildman–Crippen LogP) is 4.08. The fourth-order valence-electron chi connectivity index (χ4n) is 6.26. The molecule has 0 spiro atoms. The molecule has 2 bridgehead atoms. The SMILES string of the molecule is Cc1cnnc(C)c1[C@@H](C)Oc1ccc2[nH]nc(-c3cnc(N4CC5CC(C4)N5CC(C)(C)O)c(C#N)c3)c2c1. The Kier molecular flexibility index (Phi) is 6.44. The molecule has 3 aromatic heterocycles. The van der Waals surface area contributed by atoms with Crippen molar-refractivity contribution in [2.24, 2.45) is 0 Å². The van der Waals surface area contributed by atoms with Crippen LogP contribution in [0.1, 0.15) is 55.7 Å². The van der Waals surface area contributed by atoms with E-state index < -0.39 is 5.60 Å². The number of rotatable bonds is 7. The first-order valence-corrected chi connectivity index (χ1v) is 13.7. The van der Waals surface area contributed by atoms with Gasteiger partial charge in [0.1, 0.15) is 29.4 Å². The molecule has 6 heterocycles. The standard InChI is InChI=1S/C30H34N8O2/c1-17-12-33-34-18(2)27(17)19(3)40-24-6-7-26-25(10-24)28(36-35-26)21-8-20(11-31)29(32-13-21)37-14-22-9-23(15-37)38(22)16-30(4,5)39/h6-8,10,12-13,19,22-23,39H,9,14-16H2,1-5H3,(H,35,36)/t19-,22?,23?/m1/s1. The largest absolute Gasteiger partial charge is 0.486 e. The van der Waals surface area contributed by atoms with E-state index in [-0.39, 0.29) is 6.10 Å². The molecule has 7 rings (SSSR count). The van der Waals surface area contributed by atoms with Crippen LogP contribution in [-0.2, 0) is 0 Å². The highest BCUT2D eigenvalue weighted by Crippen LogP contribution is 2.37. The fourth-order valence-corrected chi connectivity index (χ4v) is 6.26. The van der Waals surface area contributed by atoms with Crippen LogP contribution in [0.25, 0.3) is 22.2 Å². The average Bonchev–Trinajstić information content (AvgIpc) is 3.34. The Morgan fingerprint density at radius 1 is 1.20 bits per heavy atom. The number of anilines is 1. The number of pyridine rings is 1. The second kappa shape index (κ2) is 9.84. The van der Waals surface area contributed by atoms with Gasteiger partial charge in [-0.2, -0.15) is 20.6 Å². The Morgan fingerprint density at radius 2 is 1.98 bits per heavy atom. The summed E-state index contributed by atoms with van der Waals surface area (Å²) < 4.78 is 6.32. The van der Waals surface area contributed by atoms with Gasteiger partial charge >= 0.3 is 0 Å². The summed E-state index contributed by atoms with van der Waals surface area (Å²) in [5, 5.41) is 37.1. The van der Waals surface area contributed by atoms with Crippen molar-refractivity contribution in [2.75, 3.05) is 24.5 Å². The van der Waals surface area contributed by atoms with Crippen molar-refractivity contribution in [1.82, 2.24) is 30.3 Å². The number of ether oxygens (including phenoxy) is 1. The van der Waals surface area contributed by atoms with Crippen molar-refractivity contribution in [2.45, 2.75) is 64.8 Å². The van der Waals surface area contributed by atoms with Gasteiger partial charge in [0.2, 0.25) is 0 Å². The van der Waals surface area contributed by atoms with Crippen molar-refractivity contribution >= 4 is 16.7 Å². The zero-order valence-electron chi connectivity index (χ0n) is 23.5. The van der Waals surface area contributed by atoms with Gasteiger partial charge in [-0.3, -0.25) is 10.00 Å². The Morgan fingerprint density at radius 3 is 2.67 bits per heavy atom. The molecule has 40 heavy (non-hydrogen) atoms. The minimum atomic E-state index is -0.722. The summed E-state index contributed by atoms with van der Waals surface area (Å²) in [7, 11) is 0. The number of piperidine rings is 1. The smallest absolute Gasteiger partial charge is 0.146 e. The number of piperazine rings is 1. The van der Waals surface area contributed by atoms with Crippen LogP contribution in [-0.4, -0.2) is 72.7 Å². The topological polar surface area (TPSA) is 127 Å². The molecule has 0 radical (unpaired) electrons. The lowest BCUT2D eigenvalue weighted by molar-refractivity contribution is -0.0618. The number of nitriles is 1. The number of hydrogen-bond acceptors (Lipinski definition) is 9. The van der Waals surface area contributed by atoms with Crippen molar-refractivity contribution in [3.63, 3.8) is 0 Å². The fraction of sp³-hybridized carbons (Fsp3) is 0.433. The summed E-state index contributed by atoms with van der Waals surface area (Å²) in [4.78, 5) is 9.34. The van der Waals surface area contributed by atoms with Crippen molar-refractivity contribution < 1.29 is 9.84 Å². The summed E-state index contributed by atoms with van der Waals surface area (Å²) in [5.74, 6) is 1.42. The molecule has 206 valence electrons. The van der Waals surface area contributed by atoms with Gasteiger partial charge in [-0.25, -0.2) is 4.98 Å². The summed E-state index contributed by atoms with van der Waals surface area (Å²) in [5.41, 5.74) is 5.09. The minimum Gasteiger partial charge on any atom is -0.486 e. The van der Waals surface area contributed by atoms with Gasteiger partial charge in [-0.05, 0) is 70.9 Å². The van der Waals surface area contributed by atoms with E-state index in [0.29, 0.717) is 35.8 Å². The molecule has 3 aliphatic heterocycles. The van der Waals surface area contributed by atoms with Crippen molar-refractivity contribution in [3.05, 3.63) is 59.0 Å². The highest BCUT2D eigenvalue weighted by atomic mass is 16.5. The van der Waals surface area contributed by atoms with Crippen LogP contribution in [0.5, 0.6) is 5.75 Å². The highest BCUT2D eigenvalue weighted by Gasteiger charge is 2.46. The first-order valence-electron chi connectivity index (χ1n) is 13.7. The monoisotopic (exact) mass is 538 g/mol. The molecular formula is C30H34N8O2. The summed E-state index contributed by atoms with van der Waals surface area (Å²) in [6.45, 7) is 11.9. The van der Waals surface area contributed by atoms with Crippen LogP contribution in [0.3, 0.4) is 0 Å². The van der Waals surface area contributed by atoms with E-state index in [1.54, 1.807) is 12.4 Å². The average molecular weight is 539 g/mol. The van der Waals surface area contributed by atoms with E-state index in [1.165, 1.54) is 0 Å². The Hall–Kier alpha value is -4.07. The predicted molar refractivity (Wildman–Crippen MR) is 152 cm³/mol. The van der Waals surface area contributed by atoms with E-state index >= 15 is 0 Å². The Balaban J connectivity index is 1.25. The van der Waals surface area contributed by atoms with Crippen molar-refractivity contribution in [3.8, 4) is 23.1 Å². The van der Waals surface area contributed by atoms with Crippen LogP contribution in [0.2, 0.25) is 0 Å². The first-order chi connectivity index (χ1) is 19.1. The number of benzene rings is 1. The molecule has 10 heteroatoms. The Bertz CT molecular complexity index is 1590. The van der Waals surface area contributed by atoms with E-state index in [0.717, 1.165) is 58.5 Å². The lowest BCUT2D eigenvalue weighted by Crippen LogP contribution is -2.70. The van der Waals surface area contributed by atoms with Gasteiger partial charge in [0, 0.05) is 54.4 Å². The number of H-pyrrole nitrogens is 1. The third kappa shape index (κ3) is 4.76. The van der Waals surface area contributed by atoms with Crippen molar-refractivity contribution in [1.29, 1.82) is 5.26 Å². The zero-order chi connectivity index (χ0) is 28.2. The number of fused-ring (bicyclic) bond motifs is 3. The molecule has 3 saturated heterocycles. The molecular weight excluding hydrogens is 504 g/mol. The number of aromatic amines is 1. The number of nitrogens with one attached hydrogen (secondary N) is 1. The molecule has 10 nitrogen and oxygen atoms in total. The number of hydrogen-bond donors (Lipinski definition) is 2. The number of aryl methyl sites for hydroxylation is 2. The lowest BCUT2D eigenvalue weighted by Gasteiger charge is -2.57. The molecule has 3 atom stereocenters. The third-order valence-corrected chi connectivity index (χ3v) is 8.00. The molecule has 0 aliphatic carbocycles. The van der Waals surface area contributed by atoms with Crippen LogP contribution in [0.4, 0.5) is 5.82 Å². The van der Waals surface area contributed by atoms with Gasteiger partial charge in [-0.1, -0.05) is 0 Å². The number of nitrogens with zero attached hydrogens (tertiary/aromatic N) is 7. The van der Waals surface area contributed by atoms with Gasteiger partial charge in [0.15, 0.2) is 0 Å². The van der Waals surface area contributed by atoms with Gasteiger partial charge in [-0.15, -0.1) is 0 Å². The van der Waals surface area contributed by atoms with Crippen LogP contribution in [0, 0.1) is 25.2 Å². The molecule has 4 aromatic rings. The van der Waals surface area contributed by atoms with Crippen LogP contribution >= 0.6 is 0 Å². The van der Waals surface area contributed by atoms with Gasteiger partial charge in [0.25, 0.3) is 0 Å². The van der Waals surface area contributed by atoms with E-state index in [1.807, 2.05) is 58.9 Å². The zero-order valence-corrected chi connectivity index (χ0v) is 23.5. The van der Waals surface area contributed by atoms with Gasteiger partial charge < -0.3 is 14.7 Å². The maximum Gasteiger partial charge on any atom is 0.146 e. The molecule has 3 aliphatic rings. The molecule has 1 aromatic carbocycles. The Labute approximate surface area is 233 Å². The molecule has 2 unspecified atom stereocenters. The van der Waals surface area contributed by atoms with Crippen LogP contribution in [0.15, 0.2) is 36.7 Å². The highest BCUT2D eigenvalue weighted by molar-refractivity contribution is 5.94. The normalized spacial score (nSPS) is 19.8. The minimum absolute atomic E-state index is 0.204. The summed E-state index contributed by atoms with van der Waals surface area (Å²) in [6, 6.07) is 10.8. The van der Waals surface area contributed by atoms with Crippen LogP contribution < -0.4 is 9.64 Å². The lowest BCUT2D eigenvalue weighted by atomic mass is 9.85. The quantitative estimate of drug-likeness (QED) is 0.358. The second-order valence-electron chi connectivity index (χ2n) is 11.7. The van der Waals surface area contributed by atoms with Gasteiger partial charge in [0.05, 0.1) is 28.6 Å². The van der Waals surface area contributed by atoms with E-state index in [2.05, 4.69) is 36.3 Å². The van der Waals surface area contributed by atoms with E-state index in [9.17, 15) is 10.4 Å². The summed E-state index contributed by atoms with van der Waals surface area (Å²) in [6.07, 6.45) is 4.46. The number of aromatic nitrogens is 5. The third-order valence-electron chi connectivity index (χ3n) is 8.00. The maximum atomic E-state index is 10.3. The second-order valence-corrected chi connectivity index (χ2v) is 11.7. The molecule has 3 fully saturated rings. The van der Waals surface area contributed by atoms with E-state index in [4.69, 9.17) is 9.72 Å². The maximum absolute atomic E-state index is 10.3. The molecule has 0 amide bonds. The molecule has 2 N–H and O–H groups in total. The first kappa shape index (κ1) is 26.2. The molecule has 0 saturated carbocycles. The summed E-state index contributed by atoms with van der Waals surface area (Å²) >= 11 is 0.